The van der Waals surface area contributed by atoms with Gasteiger partial charge in [0.1, 0.15) is 0 Å². The summed E-state index contributed by atoms with van der Waals surface area (Å²) in [6.45, 7) is 0.828. The van der Waals surface area contributed by atoms with Crippen LogP contribution in [0.5, 0.6) is 0 Å². The molecule has 0 spiro atoms. The van der Waals surface area contributed by atoms with E-state index in [2.05, 4.69) is 0 Å². The SMILES string of the molecule is O=C(c1ccc(-c2ccccc2)cc1)N1CC(N2C(=O)CSC2=O)C1. The van der Waals surface area contributed by atoms with E-state index in [1.54, 1.807) is 4.90 Å². The van der Waals surface area contributed by atoms with E-state index in [0.29, 0.717) is 18.7 Å². The number of amides is 3. The second-order valence-electron chi connectivity index (χ2n) is 6.13. The highest BCUT2D eigenvalue weighted by atomic mass is 32.2. The van der Waals surface area contributed by atoms with Crippen LogP contribution in [0, 0.1) is 0 Å². The third-order valence-electron chi connectivity index (χ3n) is 4.54. The molecule has 0 aliphatic carbocycles. The lowest BCUT2D eigenvalue weighted by atomic mass is 10.0. The van der Waals surface area contributed by atoms with Crippen molar-refractivity contribution in [1.29, 1.82) is 0 Å². The molecule has 2 heterocycles. The van der Waals surface area contributed by atoms with Crippen molar-refractivity contribution in [2.45, 2.75) is 6.04 Å². The Bertz CT molecular complexity index is 814. The first-order chi connectivity index (χ1) is 12.1. The zero-order chi connectivity index (χ0) is 17.4. The van der Waals surface area contributed by atoms with Gasteiger partial charge in [-0.25, -0.2) is 0 Å². The molecule has 6 heteroatoms. The van der Waals surface area contributed by atoms with E-state index in [0.717, 1.165) is 22.9 Å². The van der Waals surface area contributed by atoms with Crippen LogP contribution in [0.4, 0.5) is 4.79 Å². The third-order valence-corrected chi connectivity index (χ3v) is 5.37. The Labute approximate surface area is 149 Å². The fraction of sp³-hybridized carbons (Fsp3) is 0.211. The van der Waals surface area contributed by atoms with Gasteiger partial charge < -0.3 is 4.90 Å². The van der Waals surface area contributed by atoms with Crippen LogP contribution in [0.15, 0.2) is 54.6 Å². The maximum absolute atomic E-state index is 12.5. The van der Waals surface area contributed by atoms with Crippen LogP contribution in [0.3, 0.4) is 0 Å². The molecule has 4 rings (SSSR count). The number of benzene rings is 2. The Hall–Kier alpha value is -2.60. The summed E-state index contributed by atoms with van der Waals surface area (Å²) in [5.41, 5.74) is 2.78. The van der Waals surface area contributed by atoms with E-state index in [1.807, 2.05) is 54.6 Å². The van der Waals surface area contributed by atoms with Gasteiger partial charge in [-0.05, 0) is 23.3 Å². The molecule has 3 amide bonds. The highest BCUT2D eigenvalue weighted by molar-refractivity contribution is 8.14. The van der Waals surface area contributed by atoms with Gasteiger partial charge in [0.05, 0.1) is 11.8 Å². The molecule has 2 aliphatic rings. The van der Waals surface area contributed by atoms with Crippen molar-refractivity contribution in [3.05, 3.63) is 60.2 Å². The lowest BCUT2D eigenvalue weighted by Crippen LogP contribution is -2.62. The van der Waals surface area contributed by atoms with Gasteiger partial charge in [0, 0.05) is 18.7 Å². The molecule has 2 fully saturated rings. The number of carbonyl (C=O) groups excluding carboxylic acids is 3. The molecule has 2 aromatic rings. The average molecular weight is 352 g/mol. The fourth-order valence-corrected chi connectivity index (χ4v) is 3.90. The van der Waals surface area contributed by atoms with E-state index >= 15 is 0 Å². The zero-order valence-corrected chi connectivity index (χ0v) is 14.2. The van der Waals surface area contributed by atoms with Crippen molar-refractivity contribution >= 4 is 28.8 Å². The molecule has 0 aromatic heterocycles. The van der Waals surface area contributed by atoms with Gasteiger partial charge >= 0.3 is 0 Å². The average Bonchev–Trinajstić information content (AvgIpc) is 2.94. The van der Waals surface area contributed by atoms with Crippen LogP contribution in [-0.2, 0) is 4.79 Å². The van der Waals surface area contributed by atoms with Crippen molar-refractivity contribution in [1.82, 2.24) is 9.80 Å². The fourth-order valence-electron chi connectivity index (χ4n) is 3.12. The summed E-state index contributed by atoms with van der Waals surface area (Å²) in [7, 11) is 0. The lowest BCUT2D eigenvalue weighted by molar-refractivity contribution is -0.128. The molecule has 0 saturated carbocycles. The summed E-state index contributed by atoms with van der Waals surface area (Å²) < 4.78 is 0. The molecule has 0 N–H and O–H groups in total. The number of rotatable bonds is 3. The van der Waals surface area contributed by atoms with Crippen molar-refractivity contribution in [3.63, 3.8) is 0 Å². The minimum absolute atomic E-state index is 0.0670. The Morgan fingerprint density at radius 3 is 2.16 bits per heavy atom. The van der Waals surface area contributed by atoms with E-state index in [-0.39, 0.29) is 28.8 Å². The van der Waals surface area contributed by atoms with Crippen molar-refractivity contribution in [2.24, 2.45) is 0 Å². The van der Waals surface area contributed by atoms with Gasteiger partial charge in [0.15, 0.2) is 0 Å². The molecule has 0 unspecified atom stereocenters. The Kier molecular flexibility index (Phi) is 4.05. The minimum Gasteiger partial charge on any atom is -0.334 e. The highest BCUT2D eigenvalue weighted by Gasteiger charge is 2.43. The number of hydrogen-bond acceptors (Lipinski definition) is 4. The molecular weight excluding hydrogens is 336 g/mol. The van der Waals surface area contributed by atoms with Gasteiger partial charge in [-0.2, -0.15) is 0 Å². The van der Waals surface area contributed by atoms with E-state index in [4.69, 9.17) is 0 Å². The summed E-state index contributed by atoms with van der Waals surface area (Å²) in [5, 5.41) is -0.200. The van der Waals surface area contributed by atoms with Gasteiger partial charge in [0.2, 0.25) is 5.91 Å². The van der Waals surface area contributed by atoms with Crippen LogP contribution >= 0.6 is 11.8 Å². The summed E-state index contributed by atoms with van der Waals surface area (Å²) in [4.78, 5) is 38.9. The first kappa shape index (κ1) is 15.9. The number of likely N-dealkylation sites (tertiary alicyclic amines) is 1. The van der Waals surface area contributed by atoms with Gasteiger partial charge in [-0.15, -0.1) is 0 Å². The second kappa shape index (κ2) is 6.37. The lowest BCUT2D eigenvalue weighted by Gasteiger charge is -2.42. The molecule has 0 atom stereocenters. The second-order valence-corrected chi connectivity index (χ2v) is 7.05. The van der Waals surface area contributed by atoms with Gasteiger partial charge in [-0.1, -0.05) is 54.2 Å². The molecule has 2 aliphatic heterocycles. The number of hydrogen-bond donors (Lipinski definition) is 0. The van der Waals surface area contributed by atoms with Crippen molar-refractivity contribution in [2.75, 3.05) is 18.8 Å². The molecule has 25 heavy (non-hydrogen) atoms. The zero-order valence-electron chi connectivity index (χ0n) is 13.4. The van der Waals surface area contributed by atoms with Crippen LogP contribution < -0.4 is 0 Å². The topological polar surface area (TPSA) is 57.7 Å². The number of thioether (sulfide) groups is 1. The van der Waals surface area contributed by atoms with Crippen LogP contribution in [0.2, 0.25) is 0 Å². The number of nitrogens with zero attached hydrogens (tertiary/aromatic N) is 2. The normalized spacial score (nSPS) is 17.8. The Morgan fingerprint density at radius 1 is 0.920 bits per heavy atom. The first-order valence-corrected chi connectivity index (χ1v) is 9.05. The number of carbonyl (C=O) groups is 3. The largest absolute Gasteiger partial charge is 0.334 e. The summed E-state index contributed by atoms with van der Waals surface area (Å²) in [6.07, 6.45) is 0. The monoisotopic (exact) mass is 352 g/mol. The van der Waals surface area contributed by atoms with Crippen LogP contribution in [0.25, 0.3) is 11.1 Å². The van der Waals surface area contributed by atoms with E-state index < -0.39 is 0 Å². The highest BCUT2D eigenvalue weighted by Crippen LogP contribution is 2.27. The maximum Gasteiger partial charge on any atom is 0.289 e. The molecule has 2 saturated heterocycles. The van der Waals surface area contributed by atoms with Crippen molar-refractivity contribution < 1.29 is 14.4 Å². The summed E-state index contributed by atoms with van der Waals surface area (Å²) in [5.74, 6) is -0.00791. The molecule has 2 aromatic carbocycles. The van der Waals surface area contributed by atoms with Crippen LogP contribution in [-0.4, -0.2) is 51.7 Å². The summed E-state index contributed by atoms with van der Waals surface area (Å²) in [6, 6.07) is 17.3. The predicted molar refractivity (Wildman–Crippen MR) is 96.3 cm³/mol. The molecule has 126 valence electrons. The van der Waals surface area contributed by atoms with Crippen molar-refractivity contribution in [3.8, 4) is 11.1 Å². The quantitative estimate of drug-likeness (QED) is 0.852. The Morgan fingerprint density at radius 2 is 1.56 bits per heavy atom. The molecule has 5 nitrogen and oxygen atoms in total. The smallest absolute Gasteiger partial charge is 0.289 e. The van der Waals surface area contributed by atoms with Crippen LogP contribution in [0.1, 0.15) is 10.4 Å². The van der Waals surface area contributed by atoms with Gasteiger partial charge in [0.25, 0.3) is 11.1 Å². The first-order valence-electron chi connectivity index (χ1n) is 8.07. The maximum atomic E-state index is 12.5. The number of imide groups is 1. The molecule has 0 bridgehead atoms. The van der Waals surface area contributed by atoms with E-state index in [1.165, 1.54) is 4.90 Å². The molecular formula is C19H16N2O3S. The standard InChI is InChI=1S/C19H16N2O3S/c22-17-12-25-19(24)21(17)16-10-20(11-16)18(23)15-8-6-14(7-9-15)13-4-2-1-3-5-13/h1-9,16H,10-12H2. The Balaban J connectivity index is 1.41. The summed E-state index contributed by atoms with van der Waals surface area (Å²) >= 11 is 1.03. The predicted octanol–water partition coefficient (Wildman–Crippen LogP) is 2.87. The van der Waals surface area contributed by atoms with E-state index in [9.17, 15) is 14.4 Å². The van der Waals surface area contributed by atoms with Gasteiger partial charge in [-0.3, -0.25) is 19.3 Å². The molecule has 0 radical (unpaired) electrons. The minimum atomic E-state index is -0.200. The third kappa shape index (κ3) is 2.93.